The van der Waals surface area contributed by atoms with Crippen molar-refractivity contribution in [3.8, 4) is 0 Å². The molecule has 0 spiro atoms. The molecule has 0 heteroatoms. The van der Waals surface area contributed by atoms with Crippen LogP contribution in [0.3, 0.4) is 0 Å². The van der Waals surface area contributed by atoms with Gasteiger partial charge < -0.3 is 0 Å². The van der Waals surface area contributed by atoms with Gasteiger partial charge >= 0.3 is 0 Å². The molecule has 20 heavy (non-hydrogen) atoms. The van der Waals surface area contributed by atoms with Crippen molar-refractivity contribution >= 4 is 0 Å². The predicted molar refractivity (Wildman–Crippen MR) is 93.3 cm³/mol. The van der Waals surface area contributed by atoms with Crippen LogP contribution in [0.5, 0.6) is 0 Å². The van der Waals surface area contributed by atoms with Crippen LogP contribution >= 0.6 is 0 Å². The van der Waals surface area contributed by atoms with Gasteiger partial charge in [0.25, 0.3) is 0 Å². The summed E-state index contributed by atoms with van der Waals surface area (Å²) < 4.78 is 0. The summed E-state index contributed by atoms with van der Waals surface area (Å²) in [6, 6.07) is 0. The van der Waals surface area contributed by atoms with Crippen LogP contribution in [0.15, 0.2) is 17.9 Å². The van der Waals surface area contributed by atoms with Crippen molar-refractivity contribution in [3.05, 3.63) is 17.9 Å². The Morgan fingerprint density at radius 1 is 0.500 bits per heavy atom. The van der Waals surface area contributed by atoms with Gasteiger partial charge in [-0.25, -0.2) is 0 Å². The Kier molecular flexibility index (Phi) is 18.1. The van der Waals surface area contributed by atoms with Crippen LogP contribution in [0.2, 0.25) is 0 Å². The van der Waals surface area contributed by atoms with E-state index in [0.717, 1.165) is 0 Å². The molecule has 0 aromatic heterocycles. The largest absolute Gasteiger partial charge is 0.130 e. The first kappa shape index (κ1) is 19.5. The Bertz CT molecular complexity index is 220. The van der Waals surface area contributed by atoms with Crippen LogP contribution in [-0.2, 0) is 0 Å². The molecule has 118 valence electrons. The van der Waals surface area contributed by atoms with Gasteiger partial charge in [-0.1, -0.05) is 84.5 Å². The van der Waals surface area contributed by atoms with Crippen LogP contribution in [0.25, 0.3) is 0 Å². The molecule has 0 unspecified atom stereocenters. The highest BCUT2D eigenvalue weighted by atomic mass is 14.0. The maximum absolute atomic E-state index is 3.31. The van der Waals surface area contributed by atoms with Crippen molar-refractivity contribution in [2.45, 2.75) is 110 Å². The molecule has 0 N–H and O–H groups in total. The molecule has 0 saturated heterocycles. The quantitative estimate of drug-likeness (QED) is 0.214. The van der Waals surface area contributed by atoms with Gasteiger partial charge in [0.2, 0.25) is 0 Å². The second-order valence-corrected chi connectivity index (χ2v) is 6.04. The van der Waals surface area contributed by atoms with E-state index < -0.39 is 0 Å². The topological polar surface area (TPSA) is 0 Å². The van der Waals surface area contributed by atoms with Gasteiger partial charge in [0.05, 0.1) is 0 Å². The molecule has 0 aromatic carbocycles. The van der Waals surface area contributed by atoms with Crippen LogP contribution < -0.4 is 0 Å². The van der Waals surface area contributed by atoms with E-state index in [9.17, 15) is 0 Å². The lowest BCUT2D eigenvalue weighted by molar-refractivity contribution is 0.550. The molecule has 0 saturated carbocycles. The Morgan fingerprint density at radius 2 is 0.900 bits per heavy atom. The molecular weight excluding hydrogens is 240 g/mol. The fourth-order valence-corrected chi connectivity index (χ4v) is 2.47. The summed E-state index contributed by atoms with van der Waals surface area (Å²) in [7, 11) is 0. The van der Waals surface area contributed by atoms with Gasteiger partial charge in [-0.15, -0.1) is 5.73 Å². The van der Waals surface area contributed by atoms with Gasteiger partial charge in [-0.05, 0) is 37.8 Å². The highest BCUT2D eigenvalue weighted by Gasteiger charge is 1.92. The Morgan fingerprint density at radius 3 is 1.40 bits per heavy atom. The number of hydrogen-bond donors (Lipinski definition) is 0. The SMILES string of the molecule is CCCCC=C=CCCCCCCCCCCCCC. The molecule has 0 aromatic rings. The van der Waals surface area contributed by atoms with Gasteiger partial charge in [-0.3, -0.25) is 0 Å². The first-order valence-corrected chi connectivity index (χ1v) is 9.31. The average molecular weight is 279 g/mol. The number of allylic oxidation sites excluding steroid dienone is 1. The Balaban J connectivity index is 3.07. The monoisotopic (exact) mass is 278 g/mol. The molecule has 0 amide bonds. The molecule has 0 aliphatic rings. The maximum atomic E-state index is 3.31. The van der Waals surface area contributed by atoms with E-state index in [1.165, 1.54) is 96.3 Å². The van der Waals surface area contributed by atoms with Gasteiger partial charge in [0.1, 0.15) is 0 Å². The summed E-state index contributed by atoms with van der Waals surface area (Å²) in [5.74, 6) is 0. The lowest BCUT2D eigenvalue weighted by Gasteiger charge is -2.01. The summed E-state index contributed by atoms with van der Waals surface area (Å²) in [4.78, 5) is 0. The van der Waals surface area contributed by atoms with Crippen molar-refractivity contribution in [3.63, 3.8) is 0 Å². The molecule has 0 radical (unpaired) electrons. The first-order valence-electron chi connectivity index (χ1n) is 9.31. The molecular formula is C20H38. The van der Waals surface area contributed by atoms with E-state index >= 15 is 0 Å². The summed E-state index contributed by atoms with van der Waals surface area (Å²) in [6.07, 6.45) is 25.2. The van der Waals surface area contributed by atoms with Crippen LogP contribution in [0.4, 0.5) is 0 Å². The standard InChI is InChI=1S/C20H38/c1-3-5-7-9-11-13-15-17-19-20-18-16-14-12-10-8-6-4-2/h9,13H,3-8,10,12,14-20H2,1-2H3. The summed E-state index contributed by atoms with van der Waals surface area (Å²) in [5.41, 5.74) is 3.31. The summed E-state index contributed by atoms with van der Waals surface area (Å²) in [5, 5.41) is 0. The minimum atomic E-state index is 1.20. The van der Waals surface area contributed by atoms with E-state index in [4.69, 9.17) is 0 Å². The highest BCUT2D eigenvalue weighted by Crippen LogP contribution is 2.11. The second-order valence-electron chi connectivity index (χ2n) is 6.04. The molecule has 0 aliphatic carbocycles. The molecule has 0 heterocycles. The van der Waals surface area contributed by atoms with Crippen LogP contribution in [-0.4, -0.2) is 0 Å². The molecule has 0 atom stereocenters. The third-order valence-electron chi connectivity index (χ3n) is 3.89. The van der Waals surface area contributed by atoms with E-state index in [2.05, 4.69) is 31.7 Å². The first-order chi connectivity index (χ1) is 9.91. The zero-order valence-electron chi connectivity index (χ0n) is 14.3. The second kappa shape index (κ2) is 18.5. The number of unbranched alkanes of at least 4 members (excludes halogenated alkanes) is 13. The van der Waals surface area contributed by atoms with Crippen molar-refractivity contribution < 1.29 is 0 Å². The fourth-order valence-electron chi connectivity index (χ4n) is 2.47. The van der Waals surface area contributed by atoms with E-state index in [-0.39, 0.29) is 0 Å². The zero-order chi connectivity index (χ0) is 14.7. The Labute approximate surface area is 128 Å². The molecule has 0 aliphatic heterocycles. The minimum Gasteiger partial charge on any atom is -0.130 e. The third-order valence-corrected chi connectivity index (χ3v) is 3.89. The maximum Gasteiger partial charge on any atom is -0.0274 e. The normalized spacial score (nSPS) is 10.3. The van der Waals surface area contributed by atoms with Crippen molar-refractivity contribution in [2.24, 2.45) is 0 Å². The van der Waals surface area contributed by atoms with Crippen LogP contribution in [0, 0.1) is 0 Å². The molecule has 0 bridgehead atoms. The lowest BCUT2D eigenvalue weighted by atomic mass is 10.1. The number of rotatable bonds is 15. The van der Waals surface area contributed by atoms with E-state index in [1.807, 2.05) is 0 Å². The van der Waals surface area contributed by atoms with Gasteiger partial charge in [-0.2, -0.15) is 0 Å². The summed E-state index contributed by atoms with van der Waals surface area (Å²) in [6.45, 7) is 4.53. The fraction of sp³-hybridized carbons (Fsp3) is 0.850. The molecule has 0 nitrogen and oxygen atoms in total. The van der Waals surface area contributed by atoms with Gasteiger partial charge in [0.15, 0.2) is 0 Å². The Hall–Kier alpha value is -0.480. The predicted octanol–water partition coefficient (Wildman–Crippen LogP) is 7.59. The van der Waals surface area contributed by atoms with Crippen molar-refractivity contribution in [2.75, 3.05) is 0 Å². The smallest absolute Gasteiger partial charge is 0.0274 e. The minimum absolute atomic E-state index is 1.20. The number of hydrogen-bond acceptors (Lipinski definition) is 0. The van der Waals surface area contributed by atoms with Gasteiger partial charge in [0, 0.05) is 0 Å². The molecule has 0 rings (SSSR count). The zero-order valence-corrected chi connectivity index (χ0v) is 14.3. The van der Waals surface area contributed by atoms with Crippen LogP contribution in [0.1, 0.15) is 110 Å². The van der Waals surface area contributed by atoms with Crippen molar-refractivity contribution in [1.29, 1.82) is 0 Å². The third kappa shape index (κ3) is 17.5. The molecule has 0 fully saturated rings. The summed E-state index contributed by atoms with van der Waals surface area (Å²) >= 11 is 0. The average Bonchev–Trinajstić information content (AvgIpc) is 2.47. The van der Waals surface area contributed by atoms with Crippen molar-refractivity contribution in [1.82, 2.24) is 0 Å². The highest BCUT2D eigenvalue weighted by molar-refractivity contribution is 4.84. The van der Waals surface area contributed by atoms with E-state index in [1.54, 1.807) is 0 Å². The van der Waals surface area contributed by atoms with E-state index in [0.29, 0.717) is 0 Å². The lowest BCUT2D eigenvalue weighted by Crippen LogP contribution is -1.81.